The molecule has 0 aromatic heterocycles. The Labute approximate surface area is 82.9 Å². The first-order valence-electron chi connectivity index (χ1n) is 5.67. The molecule has 0 unspecified atom stereocenters. The van der Waals surface area contributed by atoms with Crippen molar-refractivity contribution in [1.29, 1.82) is 0 Å². The molecule has 0 aliphatic carbocycles. The van der Waals surface area contributed by atoms with Crippen molar-refractivity contribution >= 4 is 0 Å². The number of aliphatic hydroxyl groups excluding tert-OH is 1. The van der Waals surface area contributed by atoms with Gasteiger partial charge in [0, 0.05) is 6.61 Å². The van der Waals surface area contributed by atoms with Gasteiger partial charge in [-0.1, -0.05) is 38.3 Å². The quantitative estimate of drug-likeness (QED) is 0.428. The molecular formula is C12H24O. The number of hydrogen-bond acceptors (Lipinski definition) is 1. The lowest BCUT2D eigenvalue weighted by Crippen LogP contribution is -1.81. The Hall–Kier alpha value is -0.300. The molecule has 0 rings (SSSR count). The second kappa shape index (κ2) is 11.7. The van der Waals surface area contributed by atoms with E-state index in [-0.39, 0.29) is 0 Å². The van der Waals surface area contributed by atoms with Crippen LogP contribution < -0.4 is 0 Å². The average molecular weight is 184 g/mol. The number of rotatable bonds is 9. The molecule has 0 aliphatic rings. The molecule has 0 atom stereocenters. The maximum atomic E-state index is 8.55. The predicted molar refractivity (Wildman–Crippen MR) is 58.8 cm³/mol. The van der Waals surface area contributed by atoms with E-state index < -0.39 is 0 Å². The van der Waals surface area contributed by atoms with Crippen molar-refractivity contribution in [2.75, 3.05) is 6.61 Å². The van der Waals surface area contributed by atoms with Gasteiger partial charge in [0.2, 0.25) is 0 Å². The van der Waals surface area contributed by atoms with E-state index in [9.17, 15) is 0 Å². The van der Waals surface area contributed by atoms with Crippen LogP contribution in [0.4, 0.5) is 0 Å². The van der Waals surface area contributed by atoms with E-state index in [0.717, 1.165) is 12.8 Å². The Morgan fingerprint density at radius 3 is 2.00 bits per heavy atom. The summed E-state index contributed by atoms with van der Waals surface area (Å²) in [6, 6.07) is 0. The standard InChI is InChI=1S/C12H24O/c1-2-3-4-5-6-7-8-9-10-11-12-13/h6-7,13H,2-5,8-12H2,1H3/b7-6+. The van der Waals surface area contributed by atoms with Crippen molar-refractivity contribution in [3.63, 3.8) is 0 Å². The van der Waals surface area contributed by atoms with Crippen molar-refractivity contribution in [3.8, 4) is 0 Å². The third-order valence-electron chi connectivity index (χ3n) is 2.17. The number of allylic oxidation sites excluding steroid dienone is 2. The molecule has 0 spiro atoms. The van der Waals surface area contributed by atoms with E-state index in [1.54, 1.807) is 0 Å². The average Bonchev–Trinajstić information content (AvgIpc) is 2.16. The van der Waals surface area contributed by atoms with E-state index in [0.29, 0.717) is 6.61 Å². The fraction of sp³-hybridized carbons (Fsp3) is 0.833. The van der Waals surface area contributed by atoms with E-state index >= 15 is 0 Å². The van der Waals surface area contributed by atoms with E-state index in [2.05, 4.69) is 19.1 Å². The minimum atomic E-state index is 0.347. The van der Waals surface area contributed by atoms with E-state index in [4.69, 9.17) is 5.11 Å². The van der Waals surface area contributed by atoms with Crippen LogP contribution in [0, 0.1) is 0 Å². The molecule has 0 aromatic carbocycles. The monoisotopic (exact) mass is 184 g/mol. The van der Waals surface area contributed by atoms with Gasteiger partial charge in [0.1, 0.15) is 0 Å². The van der Waals surface area contributed by atoms with Gasteiger partial charge in [0.25, 0.3) is 0 Å². The van der Waals surface area contributed by atoms with Crippen LogP contribution in [0.1, 0.15) is 58.3 Å². The molecule has 1 nitrogen and oxygen atoms in total. The van der Waals surface area contributed by atoms with Crippen LogP contribution in [0.3, 0.4) is 0 Å². The Balaban J connectivity index is 2.95. The van der Waals surface area contributed by atoms with Gasteiger partial charge >= 0.3 is 0 Å². The maximum Gasteiger partial charge on any atom is 0.0431 e. The summed E-state index contributed by atoms with van der Waals surface area (Å²) in [4.78, 5) is 0. The van der Waals surface area contributed by atoms with Gasteiger partial charge in [-0.3, -0.25) is 0 Å². The lowest BCUT2D eigenvalue weighted by Gasteiger charge is -1.94. The summed E-state index contributed by atoms with van der Waals surface area (Å²) in [6.45, 7) is 2.58. The smallest absolute Gasteiger partial charge is 0.0431 e. The highest BCUT2D eigenvalue weighted by molar-refractivity contribution is 4.81. The summed E-state index contributed by atoms with van der Waals surface area (Å²) in [7, 11) is 0. The molecule has 1 N–H and O–H groups in total. The van der Waals surface area contributed by atoms with Crippen LogP contribution in [0.2, 0.25) is 0 Å². The van der Waals surface area contributed by atoms with Crippen molar-refractivity contribution in [3.05, 3.63) is 12.2 Å². The molecule has 0 radical (unpaired) electrons. The van der Waals surface area contributed by atoms with Crippen LogP contribution in [0.25, 0.3) is 0 Å². The molecule has 0 fully saturated rings. The summed E-state index contributed by atoms with van der Waals surface area (Å²) in [6.07, 6.45) is 14.4. The molecule has 0 saturated carbocycles. The lowest BCUT2D eigenvalue weighted by atomic mass is 10.1. The first-order chi connectivity index (χ1) is 6.41. The number of unbranched alkanes of at least 4 members (excludes halogenated alkanes) is 6. The van der Waals surface area contributed by atoms with Crippen molar-refractivity contribution < 1.29 is 5.11 Å². The first-order valence-corrected chi connectivity index (χ1v) is 5.67. The summed E-state index contributed by atoms with van der Waals surface area (Å²) in [5, 5.41) is 8.55. The highest BCUT2D eigenvalue weighted by Gasteiger charge is 1.85. The number of hydrogen-bond donors (Lipinski definition) is 1. The van der Waals surface area contributed by atoms with Gasteiger partial charge in [-0.05, 0) is 32.1 Å². The Bertz CT molecular complexity index is 108. The molecule has 0 bridgehead atoms. The van der Waals surface area contributed by atoms with Crippen molar-refractivity contribution in [1.82, 2.24) is 0 Å². The second-order valence-electron chi connectivity index (χ2n) is 3.54. The van der Waals surface area contributed by atoms with Crippen LogP contribution >= 0.6 is 0 Å². The van der Waals surface area contributed by atoms with Crippen LogP contribution in [0.15, 0.2) is 12.2 Å². The highest BCUT2D eigenvalue weighted by Crippen LogP contribution is 2.03. The largest absolute Gasteiger partial charge is 0.396 e. The molecule has 0 aliphatic heterocycles. The van der Waals surface area contributed by atoms with Crippen molar-refractivity contribution in [2.45, 2.75) is 58.3 Å². The van der Waals surface area contributed by atoms with Gasteiger partial charge in [-0.15, -0.1) is 0 Å². The summed E-state index contributed by atoms with van der Waals surface area (Å²) in [5.74, 6) is 0. The van der Waals surface area contributed by atoms with Gasteiger partial charge in [0.15, 0.2) is 0 Å². The van der Waals surface area contributed by atoms with Crippen molar-refractivity contribution in [2.24, 2.45) is 0 Å². The van der Waals surface area contributed by atoms with Crippen LogP contribution in [-0.2, 0) is 0 Å². The molecular weight excluding hydrogens is 160 g/mol. The normalized spacial score (nSPS) is 11.2. The molecule has 0 heterocycles. The Kier molecular flexibility index (Phi) is 11.4. The summed E-state index contributed by atoms with van der Waals surface area (Å²) >= 11 is 0. The summed E-state index contributed by atoms with van der Waals surface area (Å²) in [5.41, 5.74) is 0. The third kappa shape index (κ3) is 11.7. The zero-order valence-corrected chi connectivity index (χ0v) is 8.97. The molecule has 0 saturated heterocycles. The summed E-state index contributed by atoms with van der Waals surface area (Å²) < 4.78 is 0. The third-order valence-corrected chi connectivity index (χ3v) is 2.17. The lowest BCUT2D eigenvalue weighted by molar-refractivity contribution is 0.283. The van der Waals surface area contributed by atoms with Gasteiger partial charge < -0.3 is 5.11 Å². The topological polar surface area (TPSA) is 20.2 Å². The Morgan fingerprint density at radius 2 is 1.46 bits per heavy atom. The van der Waals surface area contributed by atoms with Gasteiger partial charge in [0.05, 0.1) is 0 Å². The molecule has 1 heteroatoms. The Morgan fingerprint density at radius 1 is 0.846 bits per heavy atom. The minimum Gasteiger partial charge on any atom is -0.396 e. The minimum absolute atomic E-state index is 0.347. The predicted octanol–water partition coefficient (Wildman–Crippen LogP) is 3.68. The highest BCUT2D eigenvalue weighted by atomic mass is 16.2. The van der Waals surface area contributed by atoms with Gasteiger partial charge in [-0.2, -0.15) is 0 Å². The fourth-order valence-electron chi connectivity index (χ4n) is 1.30. The SMILES string of the molecule is CCCCC/C=C/CCCCCO. The van der Waals surface area contributed by atoms with Crippen LogP contribution in [-0.4, -0.2) is 11.7 Å². The molecule has 13 heavy (non-hydrogen) atoms. The maximum absolute atomic E-state index is 8.55. The van der Waals surface area contributed by atoms with Crippen LogP contribution in [0.5, 0.6) is 0 Å². The number of aliphatic hydroxyl groups is 1. The van der Waals surface area contributed by atoms with Gasteiger partial charge in [-0.25, -0.2) is 0 Å². The molecule has 0 aromatic rings. The second-order valence-corrected chi connectivity index (χ2v) is 3.54. The fourth-order valence-corrected chi connectivity index (χ4v) is 1.30. The molecule has 78 valence electrons. The van der Waals surface area contributed by atoms with E-state index in [1.165, 1.54) is 38.5 Å². The first kappa shape index (κ1) is 12.7. The zero-order valence-electron chi connectivity index (χ0n) is 8.97. The molecule has 0 amide bonds. The van der Waals surface area contributed by atoms with E-state index in [1.807, 2.05) is 0 Å². The zero-order chi connectivity index (χ0) is 9.78.